The zero-order chi connectivity index (χ0) is 27.1. The van der Waals surface area contributed by atoms with Gasteiger partial charge in [-0.15, -0.1) is 0 Å². The maximum absolute atomic E-state index is 12.9. The highest BCUT2D eigenvalue weighted by atomic mass is 35.5. The van der Waals surface area contributed by atoms with Crippen LogP contribution in [0.4, 0.5) is 0 Å². The number of rotatable bonds is 12. The zero-order valence-electron chi connectivity index (χ0n) is 22.0. The first-order valence-corrected chi connectivity index (χ1v) is 12.4. The van der Waals surface area contributed by atoms with E-state index >= 15 is 0 Å². The highest BCUT2D eigenvalue weighted by Gasteiger charge is 2.39. The smallest absolute Gasteiger partial charge is 0.336 e. The molecule has 9 nitrogen and oxygen atoms in total. The molecule has 1 aliphatic heterocycles. The normalized spacial score (nSPS) is 15.3. The van der Waals surface area contributed by atoms with E-state index in [2.05, 4.69) is 5.32 Å². The third kappa shape index (κ3) is 9.22. The van der Waals surface area contributed by atoms with Crippen molar-refractivity contribution in [2.24, 2.45) is 5.73 Å². The van der Waals surface area contributed by atoms with Gasteiger partial charge in [0.2, 0.25) is 0 Å². The summed E-state index contributed by atoms with van der Waals surface area (Å²) in [7, 11) is 1.29. The van der Waals surface area contributed by atoms with Gasteiger partial charge < -0.3 is 34.7 Å². The molecule has 10 heteroatoms. The Kier molecular flexibility index (Phi) is 15.0. The second-order valence-corrected chi connectivity index (χ2v) is 7.95. The Morgan fingerprint density at radius 2 is 1.69 bits per heavy atom. The van der Waals surface area contributed by atoms with E-state index in [1.165, 1.54) is 7.11 Å². The summed E-state index contributed by atoms with van der Waals surface area (Å²) < 4.78 is 25.9. The fourth-order valence-corrected chi connectivity index (χ4v) is 3.88. The Hall–Kier alpha value is -2.43. The van der Waals surface area contributed by atoms with Crippen LogP contribution < -0.4 is 11.1 Å². The second-order valence-electron chi connectivity index (χ2n) is 7.54. The topological polar surface area (TPSA) is 118 Å². The minimum absolute atomic E-state index is 0.0370. The predicted molar refractivity (Wildman–Crippen MR) is 138 cm³/mol. The van der Waals surface area contributed by atoms with E-state index in [0.29, 0.717) is 40.7 Å². The molecule has 0 spiro atoms. The number of benzene rings is 1. The monoisotopic (exact) mass is 526 g/mol. The summed E-state index contributed by atoms with van der Waals surface area (Å²) >= 11 is 6.42. The lowest BCUT2D eigenvalue weighted by Crippen LogP contribution is -2.35. The van der Waals surface area contributed by atoms with Gasteiger partial charge in [-0.05, 0) is 46.2 Å². The van der Waals surface area contributed by atoms with Crippen LogP contribution in [-0.4, -0.2) is 64.9 Å². The fraction of sp³-hybridized carbons (Fsp3) is 0.538. The standard InChI is InChI=1S/C20H25ClN2O5.C6H14O2/c1-4-28-20(25)18-15(11-27-10-9-22)23-12(2)16(19(24)26-3)17(18)13-7-5-6-8-14(13)21;1-4-7-6(3)8-5-2/h5-8,17,23H,4,9-11,22H2,1-3H3;6H,4-5H2,1-3H3. The molecule has 0 radical (unpaired) electrons. The lowest BCUT2D eigenvalue weighted by Gasteiger charge is -2.31. The van der Waals surface area contributed by atoms with Crippen molar-refractivity contribution >= 4 is 23.5 Å². The summed E-state index contributed by atoms with van der Waals surface area (Å²) in [6, 6.07) is 7.05. The van der Waals surface area contributed by atoms with Crippen molar-refractivity contribution in [3.05, 3.63) is 57.4 Å². The number of halogens is 1. The van der Waals surface area contributed by atoms with E-state index in [-0.39, 0.29) is 25.1 Å². The van der Waals surface area contributed by atoms with Gasteiger partial charge in [-0.2, -0.15) is 0 Å². The van der Waals surface area contributed by atoms with Crippen LogP contribution in [0.2, 0.25) is 5.02 Å². The largest absolute Gasteiger partial charge is 0.466 e. The molecule has 0 amide bonds. The van der Waals surface area contributed by atoms with Crippen LogP contribution in [0, 0.1) is 0 Å². The van der Waals surface area contributed by atoms with Gasteiger partial charge in [0.25, 0.3) is 0 Å². The minimum Gasteiger partial charge on any atom is -0.466 e. The molecule has 0 saturated heterocycles. The Labute approximate surface area is 218 Å². The summed E-state index contributed by atoms with van der Waals surface area (Å²) in [5.74, 6) is -1.86. The van der Waals surface area contributed by atoms with Crippen LogP contribution in [-0.2, 0) is 33.3 Å². The summed E-state index contributed by atoms with van der Waals surface area (Å²) in [5, 5.41) is 3.52. The molecule has 1 atom stereocenters. The fourth-order valence-electron chi connectivity index (χ4n) is 3.64. The molecular weight excluding hydrogens is 488 g/mol. The lowest BCUT2D eigenvalue weighted by molar-refractivity contribution is -0.139. The Balaban J connectivity index is 0.000000697. The molecule has 1 aromatic carbocycles. The van der Waals surface area contributed by atoms with Crippen LogP contribution in [0.25, 0.3) is 0 Å². The van der Waals surface area contributed by atoms with Gasteiger partial charge in [-0.1, -0.05) is 29.8 Å². The highest BCUT2D eigenvalue weighted by Crippen LogP contribution is 2.41. The number of carbonyl (C=O) groups excluding carboxylic acids is 2. The summed E-state index contributed by atoms with van der Waals surface area (Å²) in [5.41, 5.74) is 7.70. The van der Waals surface area contributed by atoms with Crippen molar-refractivity contribution in [1.29, 1.82) is 0 Å². The number of nitrogens with one attached hydrogen (secondary N) is 1. The van der Waals surface area contributed by atoms with Crippen molar-refractivity contribution in [1.82, 2.24) is 5.32 Å². The number of carbonyl (C=O) groups is 2. The number of methoxy groups -OCH3 is 1. The molecule has 0 aromatic heterocycles. The predicted octanol–water partition coefficient (Wildman–Crippen LogP) is 3.67. The third-order valence-electron chi connectivity index (χ3n) is 5.07. The number of nitrogens with two attached hydrogens (primary N) is 1. The maximum atomic E-state index is 12.9. The van der Waals surface area contributed by atoms with E-state index in [1.54, 1.807) is 38.1 Å². The number of hydrogen-bond acceptors (Lipinski definition) is 9. The SMILES string of the molecule is CCOC(=O)C1=C(COCCN)NC(C)=C(C(=O)OC)C1c1ccccc1Cl.CCOC(C)OCC. The number of hydrogen-bond donors (Lipinski definition) is 2. The van der Waals surface area contributed by atoms with Crippen molar-refractivity contribution in [3.8, 4) is 0 Å². The number of esters is 2. The first-order chi connectivity index (χ1) is 17.3. The Morgan fingerprint density at radius 1 is 1.06 bits per heavy atom. The van der Waals surface area contributed by atoms with E-state index < -0.39 is 17.9 Å². The van der Waals surface area contributed by atoms with Gasteiger partial charge in [0.05, 0.1) is 49.7 Å². The van der Waals surface area contributed by atoms with Gasteiger partial charge in [0.1, 0.15) is 0 Å². The average Bonchev–Trinajstić information content (AvgIpc) is 2.84. The molecule has 2 rings (SSSR count). The number of dihydropyridines is 1. The van der Waals surface area contributed by atoms with Gasteiger partial charge in [-0.3, -0.25) is 0 Å². The average molecular weight is 527 g/mol. The van der Waals surface area contributed by atoms with Crippen LogP contribution >= 0.6 is 11.6 Å². The van der Waals surface area contributed by atoms with Crippen LogP contribution in [0.3, 0.4) is 0 Å². The van der Waals surface area contributed by atoms with Crippen LogP contribution in [0.5, 0.6) is 0 Å². The Morgan fingerprint density at radius 3 is 2.22 bits per heavy atom. The molecule has 0 aliphatic carbocycles. The molecule has 202 valence electrons. The molecule has 1 heterocycles. The second kappa shape index (κ2) is 17.1. The minimum atomic E-state index is -0.752. The molecule has 1 unspecified atom stereocenters. The van der Waals surface area contributed by atoms with E-state index in [1.807, 2.05) is 20.8 Å². The van der Waals surface area contributed by atoms with Crippen molar-refractivity contribution in [2.45, 2.75) is 46.8 Å². The quantitative estimate of drug-likeness (QED) is 0.239. The summed E-state index contributed by atoms with van der Waals surface area (Å²) in [6.45, 7) is 11.7. The third-order valence-corrected chi connectivity index (χ3v) is 5.42. The molecular formula is C26H39ClN2O7. The molecule has 1 aliphatic rings. The molecule has 36 heavy (non-hydrogen) atoms. The maximum Gasteiger partial charge on any atom is 0.336 e. The zero-order valence-corrected chi connectivity index (χ0v) is 22.8. The first kappa shape index (κ1) is 31.6. The summed E-state index contributed by atoms with van der Waals surface area (Å²) in [4.78, 5) is 25.5. The highest BCUT2D eigenvalue weighted by molar-refractivity contribution is 6.31. The summed E-state index contributed by atoms with van der Waals surface area (Å²) in [6.07, 6.45) is -0.0370. The van der Waals surface area contributed by atoms with E-state index in [0.717, 1.165) is 13.2 Å². The molecule has 0 saturated carbocycles. The molecule has 0 fully saturated rings. The van der Waals surface area contributed by atoms with Crippen LogP contribution in [0.1, 0.15) is 46.1 Å². The van der Waals surface area contributed by atoms with Gasteiger partial charge >= 0.3 is 11.9 Å². The number of allylic oxidation sites excluding steroid dienone is 1. The van der Waals surface area contributed by atoms with Gasteiger partial charge in [0, 0.05) is 30.5 Å². The Bertz CT molecular complexity index is 911. The van der Waals surface area contributed by atoms with Gasteiger partial charge in [0.15, 0.2) is 6.29 Å². The van der Waals surface area contributed by atoms with Crippen molar-refractivity contribution in [2.75, 3.05) is 46.7 Å². The molecule has 0 bridgehead atoms. The number of ether oxygens (including phenoxy) is 5. The van der Waals surface area contributed by atoms with E-state index in [4.69, 9.17) is 41.0 Å². The first-order valence-electron chi connectivity index (χ1n) is 12.0. The van der Waals surface area contributed by atoms with Gasteiger partial charge in [-0.25, -0.2) is 9.59 Å². The van der Waals surface area contributed by atoms with Crippen molar-refractivity contribution < 1.29 is 33.3 Å². The molecule has 1 aromatic rings. The van der Waals surface area contributed by atoms with Crippen LogP contribution in [0.15, 0.2) is 46.8 Å². The molecule has 3 N–H and O–H groups in total. The lowest BCUT2D eigenvalue weighted by atomic mass is 9.80. The van der Waals surface area contributed by atoms with Crippen molar-refractivity contribution in [3.63, 3.8) is 0 Å². The van der Waals surface area contributed by atoms with E-state index in [9.17, 15) is 9.59 Å².